The maximum Gasteiger partial charge on any atom is 0.123 e. The molecule has 1 nitrogen and oxygen atoms in total. The molecule has 1 unspecified atom stereocenters. The van der Waals surface area contributed by atoms with Gasteiger partial charge in [-0.25, -0.2) is 4.39 Å². The van der Waals surface area contributed by atoms with Crippen LogP contribution in [-0.2, 0) is 13.0 Å². The average Bonchev–Trinajstić information content (AvgIpc) is 2.80. The largest absolute Gasteiger partial charge is 0.310 e. The molecule has 1 atom stereocenters. The normalized spacial score (nSPS) is 12.6. The number of aryl methyl sites for hydroxylation is 1. The quantitative estimate of drug-likeness (QED) is 0.862. The Morgan fingerprint density at radius 3 is 2.83 bits per heavy atom. The predicted octanol–water partition coefficient (Wildman–Crippen LogP) is 3.92. The van der Waals surface area contributed by atoms with Crippen LogP contribution in [-0.4, -0.2) is 6.04 Å². The van der Waals surface area contributed by atoms with Gasteiger partial charge in [0.05, 0.1) is 0 Å². The summed E-state index contributed by atoms with van der Waals surface area (Å²) in [4.78, 5) is 0. The number of hydrogen-bond acceptors (Lipinski definition) is 2. The fraction of sp³-hybridized carbons (Fsp3) is 0.333. The molecule has 18 heavy (non-hydrogen) atoms. The average molecular weight is 263 g/mol. The number of benzene rings is 1. The molecule has 2 aromatic rings. The summed E-state index contributed by atoms with van der Waals surface area (Å²) >= 11 is 1.73. The summed E-state index contributed by atoms with van der Waals surface area (Å²) in [6.45, 7) is 4.91. The van der Waals surface area contributed by atoms with Gasteiger partial charge in [0.25, 0.3) is 0 Å². The van der Waals surface area contributed by atoms with E-state index < -0.39 is 0 Å². The summed E-state index contributed by atoms with van der Waals surface area (Å²) < 4.78 is 13.0. The summed E-state index contributed by atoms with van der Waals surface area (Å²) in [6, 6.07) is 7.54. The lowest BCUT2D eigenvalue weighted by molar-refractivity contribution is 0.544. The number of halogens is 1. The van der Waals surface area contributed by atoms with Crippen LogP contribution in [0.4, 0.5) is 4.39 Å². The first-order chi connectivity index (χ1) is 8.65. The first-order valence-corrected chi connectivity index (χ1v) is 7.09. The van der Waals surface area contributed by atoms with Crippen LogP contribution >= 0.6 is 11.3 Å². The molecule has 3 heteroatoms. The van der Waals surface area contributed by atoms with Crippen LogP contribution in [0, 0.1) is 12.7 Å². The Hall–Kier alpha value is -1.19. The van der Waals surface area contributed by atoms with Crippen molar-refractivity contribution < 1.29 is 4.39 Å². The Balaban J connectivity index is 1.87. The Morgan fingerprint density at radius 1 is 1.33 bits per heavy atom. The Labute approximate surface area is 112 Å². The highest BCUT2D eigenvalue weighted by Crippen LogP contribution is 2.12. The minimum atomic E-state index is -0.164. The van der Waals surface area contributed by atoms with Crippen molar-refractivity contribution in [1.29, 1.82) is 0 Å². The van der Waals surface area contributed by atoms with E-state index >= 15 is 0 Å². The van der Waals surface area contributed by atoms with E-state index in [1.54, 1.807) is 17.4 Å². The van der Waals surface area contributed by atoms with Gasteiger partial charge in [0.2, 0.25) is 0 Å². The molecule has 1 aromatic carbocycles. The molecular formula is C15H18FNS. The number of rotatable bonds is 5. The van der Waals surface area contributed by atoms with Gasteiger partial charge >= 0.3 is 0 Å². The van der Waals surface area contributed by atoms with E-state index in [1.807, 2.05) is 13.0 Å². The van der Waals surface area contributed by atoms with Gasteiger partial charge in [0.15, 0.2) is 0 Å². The van der Waals surface area contributed by atoms with Gasteiger partial charge in [-0.05, 0) is 65.9 Å². The van der Waals surface area contributed by atoms with E-state index in [0.717, 1.165) is 24.1 Å². The second-order valence-electron chi connectivity index (χ2n) is 4.69. The van der Waals surface area contributed by atoms with Crippen molar-refractivity contribution in [3.05, 3.63) is 57.5 Å². The summed E-state index contributed by atoms with van der Waals surface area (Å²) in [5.74, 6) is -0.164. The lowest BCUT2D eigenvalue weighted by Gasteiger charge is -2.14. The highest BCUT2D eigenvalue weighted by molar-refractivity contribution is 7.07. The van der Waals surface area contributed by atoms with Gasteiger partial charge in [-0.2, -0.15) is 11.3 Å². The first kappa shape index (κ1) is 13.2. The van der Waals surface area contributed by atoms with Gasteiger partial charge in [0, 0.05) is 12.6 Å². The smallest absolute Gasteiger partial charge is 0.123 e. The van der Waals surface area contributed by atoms with Crippen LogP contribution < -0.4 is 5.32 Å². The third-order valence-corrected chi connectivity index (χ3v) is 3.80. The molecule has 0 radical (unpaired) electrons. The molecule has 0 aliphatic heterocycles. The van der Waals surface area contributed by atoms with Crippen LogP contribution in [0.1, 0.15) is 23.6 Å². The summed E-state index contributed by atoms with van der Waals surface area (Å²) in [5.41, 5.74) is 3.54. The van der Waals surface area contributed by atoms with Gasteiger partial charge in [0.1, 0.15) is 5.82 Å². The zero-order chi connectivity index (χ0) is 13.0. The third-order valence-electron chi connectivity index (χ3n) is 3.07. The predicted molar refractivity (Wildman–Crippen MR) is 75.5 cm³/mol. The van der Waals surface area contributed by atoms with Gasteiger partial charge < -0.3 is 5.32 Å². The molecule has 1 N–H and O–H groups in total. The molecule has 0 fully saturated rings. The van der Waals surface area contributed by atoms with Crippen molar-refractivity contribution in [3.63, 3.8) is 0 Å². The van der Waals surface area contributed by atoms with Crippen molar-refractivity contribution in [3.8, 4) is 0 Å². The molecular weight excluding hydrogens is 245 g/mol. The topological polar surface area (TPSA) is 12.0 Å². The number of thiophene rings is 1. The third kappa shape index (κ3) is 3.65. The molecule has 1 aromatic heterocycles. The van der Waals surface area contributed by atoms with E-state index in [1.165, 1.54) is 11.6 Å². The van der Waals surface area contributed by atoms with Gasteiger partial charge in [-0.1, -0.05) is 6.07 Å². The summed E-state index contributed by atoms with van der Waals surface area (Å²) in [7, 11) is 0. The number of hydrogen-bond donors (Lipinski definition) is 1. The Kier molecular flexibility index (Phi) is 4.50. The maximum atomic E-state index is 13.0. The van der Waals surface area contributed by atoms with E-state index in [9.17, 15) is 4.39 Å². The first-order valence-electron chi connectivity index (χ1n) is 6.14. The van der Waals surface area contributed by atoms with E-state index in [4.69, 9.17) is 0 Å². The molecule has 0 saturated carbocycles. The molecule has 0 saturated heterocycles. The van der Waals surface area contributed by atoms with Crippen LogP contribution in [0.3, 0.4) is 0 Å². The van der Waals surface area contributed by atoms with E-state index in [2.05, 4.69) is 29.1 Å². The van der Waals surface area contributed by atoms with Crippen LogP contribution in [0.25, 0.3) is 0 Å². The van der Waals surface area contributed by atoms with Gasteiger partial charge in [-0.15, -0.1) is 0 Å². The molecule has 0 aliphatic carbocycles. The zero-order valence-electron chi connectivity index (χ0n) is 10.7. The second kappa shape index (κ2) is 6.12. The van der Waals surface area contributed by atoms with E-state index in [0.29, 0.717) is 6.04 Å². The highest BCUT2D eigenvalue weighted by Gasteiger charge is 2.05. The minimum Gasteiger partial charge on any atom is -0.310 e. The standard InChI is InChI=1S/C15H18FNS/c1-11-7-15(16)4-3-14(11)9-17-12(2)8-13-5-6-18-10-13/h3-7,10,12,17H,8-9H2,1-2H3. The lowest BCUT2D eigenvalue weighted by atomic mass is 10.1. The molecule has 1 heterocycles. The molecule has 0 spiro atoms. The van der Waals surface area contributed by atoms with Crippen molar-refractivity contribution in [2.75, 3.05) is 0 Å². The lowest BCUT2D eigenvalue weighted by Crippen LogP contribution is -2.27. The fourth-order valence-electron chi connectivity index (χ4n) is 1.98. The summed E-state index contributed by atoms with van der Waals surface area (Å²) in [5, 5.41) is 7.76. The van der Waals surface area contributed by atoms with Crippen molar-refractivity contribution in [2.45, 2.75) is 32.9 Å². The molecule has 0 aliphatic rings. The van der Waals surface area contributed by atoms with Crippen LogP contribution in [0.15, 0.2) is 35.0 Å². The maximum absolute atomic E-state index is 13.0. The van der Waals surface area contributed by atoms with Crippen LogP contribution in [0.5, 0.6) is 0 Å². The molecule has 0 amide bonds. The van der Waals surface area contributed by atoms with Crippen LogP contribution in [0.2, 0.25) is 0 Å². The fourth-order valence-corrected chi connectivity index (χ4v) is 2.66. The SMILES string of the molecule is Cc1cc(F)ccc1CNC(C)Cc1ccsc1. The molecule has 0 bridgehead atoms. The minimum absolute atomic E-state index is 0.164. The van der Waals surface area contributed by atoms with E-state index in [-0.39, 0.29) is 5.82 Å². The Morgan fingerprint density at radius 2 is 2.17 bits per heavy atom. The monoisotopic (exact) mass is 263 g/mol. The highest BCUT2D eigenvalue weighted by atomic mass is 32.1. The van der Waals surface area contributed by atoms with Crippen molar-refractivity contribution >= 4 is 11.3 Å². The molecule has 96 valence electrons. The van der Waals surface area contributed by atoms with Crippen molar-refractivity contribution in [1.82, 2.24) is 5.32 Å². The van der Waals surface area contributed by atoms with Gasteiger partial charge in [-0.3, -0.25) is 0 Å². The number of nitrogens with one attached hydrogen (secondary N) is 1. The molecule has 2 rings (SSSR count). The second-order valence-corrected chi connectivity index (χ2v) is 5.47. The zero-order valence-corrected chi connectivity index (χ0v) is 11.6. The Bertz CT molecular complexity index is 493. The van der Waals surface area contributed by atoms with Crippen molar-refractivity contribution in [2.24, 2.45) is 0 Å². The summed E-state index contributed by atoms with van der Waals surface area (Å²) in [6.07, 6.45) is 1.03.